The Bertz CT molecular complexity index is 850. The van der Waals surface area contributed by atoms with Gasteiger partial charge >= 0.3 is 0 Å². The number of carbonyl (C=O) groups is 2. The maximum Gasteiger partial charge on any atom is 0.251 e. The molecule has 0 aliphatic heterocycles. The normalized spacial score (nSPS) is 11.6. The van der Waals surface area contributed by atoms with Gasteiger partial charge in [0, 0.05) is 22.8 Å². The summed E-state index contributed by atoms with van der Waals surface area (Å²) in [6.07, 6.45) is 0.462. The van der Waals surface area contributed by atoms with E-state index in [0.717, 1.165) is 5.56 Å². The van der Waals surface area contributed by atoms with E-state index in [9.17, 15) is 14.0 Å². The molecule has 27 heavy (non-hydrogen) atoms. The highest BCUT2D eigenvalue weighted by atomic mass is 35.5. The minimum atomic E-state index is -0.444. The van der Waals surface area contributed by atoms with Gasteiger partial charge < -0.3 is 10.6 Å². The Labute approximate surface area is 163 Å². The summed E-state index contributed by atoms with van der Waals surface area (Å²) in [5.41, 5.74) is 2.60. The monoisotopic (exact) mass is 388 g/mol. The van der Waals surface area contributed by atoms with Gasteiger partial charge in [0.05, 0.1) is 5.92 Å². The van der Waals surface area contributed by atoms with Crippen molar-refractivity contribution in [2.24, 2.45) is 5.92 Å². The third-order valence-electron chi connectivity index (χ3n) is 4.28. The van der Waals surface area contributed by atoms with Crippen LogP contribution < -0.4 is 10.6 Å². The van der Waals surface area contributed by atoms with Gasteiger partial charge in [0.15, 0.2) is 0 Å². The molecule has 2 rings (SSSR count). The number of amides is 2. The van der Waals surface area contributed by atoms with Crippen LogP contribution in [-0.2, 0) is 4.79 Å². The highest BCUT2D eigenvalue weighted by Gasteiger charge is 2.17. The molecule has 4 nitrogen and oxygen atoms in total. The molecular formula is C21H22ClFN2O2. The molecule has 0 radical (unpaired) electrons. The van der Waals surface area contributed by atoms with E-state index in [0.29, 0.717) is 34.8 Å². The smallest absolute Gasteiger partial charge is 0.251 e. The zero-order valence-electron chi connectivity index (χ0n) is 15.3. The van der Waals surface area contributed by atoms with E-state index in [2.05, 4.69) is 17.2 Å². The summed E-state index contributed by atoms with van der Waals surface area (Å²) in [5, 5.41) is 6.05. The SMILES string of the molecule is C=C(CCNC(=O)c1ccc(C)c(Cl)c1)[C@H](C)C(=O)Nc1ccc(F)cc1. The molecule has 0 unspecified atom stereocenters. The van der Waals surface area contributed by atoms with Crippen LogP contribution in [0.2, 0.25) is 5.02 Å². The molecule has 0 aliphatic rings. The Balaban J connectivity index is 1.81. The van der Waals surface area contributed by atoms with E-state index in [1.807, 2.05) is 6.92 Å². The van der Waals surface area contributed by atoms with Crippen LogP contribution in [0.4, 0.5) is 10.1 Å². The molecule has 2 aromatic rings. The summed E-state index contributed by atoms with van der Waals surface area (Å²) in [5.74, 6) is -1.27. The van der Waals surface area contributed by atoms with Crippen molar-refractivity contribution in [3.05, 3.63) is 76.6 Å². The van der Waals surface area contributed by atoms with E-state index in [-0.39, 0.29) is 17.6 Å². The Hall–Kier alpha value is -2.66. The van der Waals surface area contributed by atoms with Gasteiger partial charge in [0.1, 0.15) is 5.82 Å². The number of hydrogen-bond donors (Lipinski definition) is 2. The van der Waals surface area contributed by atoms with Crippen molar-refractivity contribution in [3.63, 3.8) is 0 Å². The van der Waals surface area contributed by atoms with Crippen LogP contribution in [0, 0.1) is 18.7 Å². The molecule has 1 atom stereocenters. The number of anilines is 1. The number of hydrogen-bond acceptors (Lipinski definition) is 2. The van der Waals surface area contributed by atoms with Crippen LogP contribution >= 0.6 is 11.6 Å². The van der Waals surface area contributed by atoms with Gasteiger partial charge in [-0.15, -0.1) is 0 Å². The molecule has 0 bridgehead atoms. The van der Waals surface area contributed by atoms with Gasteiger partial charge in [-0.2, -0.15) is 0 Å². The van der Waals surface area contributed by atoms with Crippen molar-refractivity contribution >= 4 is 29.1 Å². The second-order valence-corrected chi connectivity index (χ2v) is 6.75. The maximum atomic E-state index is 12.9. The molecule has 0 saturated carbocycles. The Morgan fingerprint density at radius 2 is 1.85 bits per heavy atom. The van der Waals surface area contributed by atoms with Crippen molar-refractivity contribution in [2.75, 3.05) is 11.9 Å². The Kier molecular flexibility index (Phi) is 7.13. The Morgan fingerprint density at radius 3 is 2.48 bits per heavy atom. The predicted molar refractivity (Wildman–Crippen MR) is 106 cm³/mol. The molecule has 2 amide bonds. The van der Waals surface area contributed by atoms with Gasteiger partial charge in [0.2, 0.25) is 5.91 Å². The summed E-state index contributed by atoms with van der Waals surface area (Å²) in [6, 6.07) is 10.7. The molecule has 0 heterocycles. The first-order valence-electron chi connectivity index (χ1n) is 8.56. The maximum absolute atomic E-state index is 12.9. The number of benzene rings is 2. The quantitative estimate of drug-likeness (QED) is 0.673. The average Bonchev–Trinajstić information content (AvgIpc) is 2.64. The van der Waals surface area contributed by atoms with E-state index >= 15 is 0 Å². The minimum absolute atomic E-state index is 0.229. The lowest BCUT2D eigenvalue weighted by Crippen LogP contribution is -2.27. The molecule has 0 aromatic heterocycles. The molecule has 0 aliphatic carbocycles. The van der Waals surface area contributed by atoms with Crippen molar-refractivity contribution < 1.29 is 14.0 Å². The van der Waals surface area contributed by atoms with E-state index in [1.165, 1.54) is 24.3 Å². The first-order chi connectivity index (χ1) is 12.8. The van der Waals surface area contributed by atoms with Crippen molar-refractivity contribution in [1.29, 1.82) is 0 Å². The lowest BCUT2D eigenvalue weighted by atomic mass is 9.98. The second-order valence-electron chi connectivity index (χ2n) is 6.35. The highest BCUT2D eigenvalue weighted by molar-refractivity contribution is 6.31. The summed E-state index contributed by atoms with van der Waals surface area (Å²) in [4.78, 5) is 24.4. The summed E-state index contributed by atoms with van der Waals surface area (Å²) in [6.45, 7) is 7.90. The molecule has 6 heteroatoms. The number of nitrogens with one attached hydrogen (secondary N) is 2. The number of rotatable bonds is 7. The van der Waals surface area contributed by atoms with E-state index < -0.39 is 5.92 Å². The number of halogens is 2. The van der Waals surface area contributed by atoms with Crippen LogP contribution in [0.1, 0.15) is 29.3 Å². The van der Waals surface area contributed by atoms with Crippen molar-refractivity contribution in [1.82, 2.24) is 5.32 Å². The first kappa shape index (κ1) is 20.6. The molecular weight excluding hydrogens is 367 g/mol. The van der Waals surface area contributed by atoms with Crippen molar-refractivity contribution in [2.45, 2.75) is 20.3 Å². The fraction of sp³-hybridized carbons (Fsp3) is 0.238. The molecule has 0 spiro atoms. The van der Waals surface area contributed by atoms with Crippen LogP contribution in [0.25, 0.3) is 0 Å². The first-order valence-corrected chi connectivity index (χ1v) is 8.94. The predicted octanol–water partition coefficient (Wildman–Crippen LogP) is 4.74. The van der Waals surface area contributed by atoms with Gasteiger partial charge in [-0.25, -0.2) is 4.39 Å². The van der Waals surface area contributed by atoms with Gasteiger partial charge in [-0.1, -0.05) is 29.8 Å². The van der Waals surface area contributed by atoms with Gasteiger partial charge in [0.25, 0.3) is 5.91 Å². The zero-order valence-corrected chi connectivity index (χ0v) is 16.1. The largest absolute Gasteiger partial charge is 0.352 e. The lowest BCUT2D eigenvalue weighted by molar-refractivity contribution is -0.118. The van der Waals surface area contributed by atoms with Crippen LogP contribution in [0.3, 0.4) is 0 Å². The van der Waals surface area contributed by atoms with E-state index in [4.69, 9.17) is 11.6 Å². The summed E-state index contributed by atoms with van der Waals surface area (Å²) >= 11 is 6.03. The highest BCUT2D eigenvalue weighted by Crippen LogP contribution is 2.18. The standard InChI is InChI=1S/C21H22ClFN2O2/c1-13(15(3)20(26)25-18-8-6-17(23)7-9-18)10-11-24-21(27)16-5-4-14(2)19(22)12-16/h4-9,12,15H,1,10-11H2,2-3H3,(H,24,27)(H,25,26)/t15-/m0/s1. The third-order valence-corrected chi connectivity index (χ3v) is 4.69. The Morgan fingerprint density at radius 1 is 1.19 bits per heavy atom. The van der Waals surface area contributed by atoms with Gasteiger partial charge in [-0.3, -0.25) is 9.59 Å². The third kappa shape index (κ3) is 5.93. The van der Waals surface area contributed by atoms with E-state index in [1.54, 1.807) is 25.1 Å². The fourth-order valence-electron chi connectivity index (χ4n) is 2.36. The van der Waals surface area contributed by atoms with Crippen LogP contribution in [0.15, 0.2) is 54.6 Å². The zero-order chi connectivity index (χ0) is 20.0. The van der Waals surface area contributed by atoms with Crippen LogP contribution in [-0.4, -0.2) is 18.4 Å². The summed E-state index contributed by atoms with van der Waals surface area (Å²) in [7, 11) is 0. The van der Waals surface area contributed by atoms with Crippen LogP contribution in [0.5, 0.6) is 0 Å². The fourth-order valence-corrected chi connectivity index (χ4v) is 2.54. The average molecular weight is 389 g/mol. The summed E-state index contributed by atoms with van der Waals surface area (Å²) < 4.78 is 12.9. The molecule has 0 saturated heterocycles. The van der Waals surface area contributed by atoms with Gasteiger partial charge in [-0.05, 0) is 62.2 Å². The minimum Gasteiger partial charge on any atom is -0.352 e. The molecule has 2 aromatic carbocycles. The molecule has 142 valence electrons. The lowest BCUT2D eigenvalue weighted by Gasteiger charge is -2.15. The number of carbonyl (C=O) groups excluding carboxylic acids is 2. The second kappa shape index (κ2) is 9.33. The molecule has 0 fully saturated rings. The topological polar surface area (TPSA) is 58.2 Å². The molecule has 2 N–H and O–H groups in total. The van der Waals surface area contributed by atoms with Crippen molar-refractivity contribution in [3.8, 4) is 0 Å². The number of aryl methyl sites for hydroxylation is 1.